The van der Waals surface area contributed by atoms with Crippen molar-refractivity contribution in [3.63, 3.8) is 0 Å². The summed E-state index contributed by atoms with van der Waals surface area (Å²) < 4.78 is 0. The number of nitrogens with one attached hydrogen (secondary N) is 2. The Hall–Kier alpha value is -5.36. The molecule has 6 heteroatoms. The lowest BCUT2D eigenvalue weighted by atomic mass is 9.85. The summed E-state index contributed by atoms with van der Waals surface area (Å²) in [6, 6.07) is 32.1. The molecule has 1 aliphatic carbocycles. The first-order valence-corrected chi connectivity index (χ1v) is 13.8. The summed E-state index contributed by atoms with van der Waals surface area (Å²) in [6.07, 6.45) is 2.51. The molecule has 0 radical (unpaired) electrons. The van der Waals surface area contributed by atoms with Crippen LogP contribution in [0.3, 0.4) is 0 Å². The van der Waals surface area contributed by atoms with Gasteiger partial charge in [-0.1, -0.05) is 97.1 Å². The number of ketones is 2. The summed E-state index contributed by atoms with van der Waals surface area (Å²) >= 11 is 0. The molecule has 0 fully saturated rings. The Balaban J connectivity index is 1.39. The van der Waals surface area contributed by atoms with Crippen molar-refractivity contribution in [2.24, 2.45) is 0 Å². The molecule has 2 N–H and O–H groups in total. The lowest BCUT2D eigenvalue weighted by Crippen LogP contribution is -2.28. The number of amides is 2. The van der Waals surface area contributed by atoms with Crippen LogP contribution in [-0.4, -0.2) is 23.4 Å². The summed E-state index contributed by atoms with van der Waals surface area (Å²) in [5.41, 5.74) is 3.46. The Morgan fingerprint density at radius 3 is 1.21 bits per heavy atom. The van der Waals surface area contributed by atoms with Gasteiger partial charge in [0.2, 0.25) is 0 Å². The molecule has 0 bridgehead atoms. The molecule has 2 atom stereocenters. The van der Waals surface area contributed by atoms with Gasteiger partial charge in [0.1, 0.15) is 0 Å². The van der Waals surface area contributed by atoms with Crippen molar-refractivity contribution >= 4 is 34.5 Å². The first kappa shape index (κ1) is 28.2. The molecule has 0 unspecified atom stereocenters. The third kappa shape index (κ3) is 6.03. The van der Waals surface area contributed by atoms with Gasteiger partial charge in [-0.2, -0.15) is 0 Å². The van der Waals surface area contributed by atoms with Gasteiger partial charge in [-0.25, -0.2) is 0 Å². The molecule has 4 aromatic carbocycles. The molecule has 6 nitrogen and oxygen atoms in total. The molecule has 0 heterocycles. The number of allylic oxidation sites excluding steroid dienone is 4. The molecule has 0 saturated heterocycles. The number of rotatable bonds is 8. The van der Waals surface area contributed by atoms with Crippen LogP contribution in [0.2, 0.25) is 0 Å². The van der Waals surface area contributed by atoms with Crippen LogP contribution in [0.5, 0.6) is 0 Å². The molecule has 0 aromatic heterocycles. The number of hydrogen-bond donors (Lipinski definition) is 2. The summed E-state index contributed by atoms with van der Waals surface area (Å²) in [7, 11) is 0. The first-order chi connectivity index (χ1) is 20.3. The monoisotopic (exact) mass is 554 g/mol. The van der Waals surface area contributed by atoms with E-state index in [1.807, 2.05) is 74.5 Å². The van der Waals surface area contributed by atoms with Gasteiger partial charge >= 0.3 is 0 Å². The maximum atomic E-state index is 13.5. The smallest absolute Gasteiger partial charge is 0.252 e. The molecule has 0 spiro atoms. The zero-order chi connectivity index (χ0) is 29.6. The summed E-state index contributed by atoms with van der Waals surface area (Å²) in [6.45, 7) is 3.77. The van der Waals surface area contributed by atoms with E-state index in [2.05, 4.69) is 10.6 Å². The van der Waals surface area contributed by atoms with E-state index in [-0.39, 0.29) is 35.0 Å². The molecule has 5 rings (SSSR count). The second-order valence-electron chi connectivity index (χ2n) is 10.1. The van der Waals surface area contributed by atoms with Crippen LogP contribution in [-0.2, 0) is 9.59 Å². The van der Waals surface area contributed by atoms with E-state index in [1.54, 1.807) is 48.5 Å². The molecule has 208 valence electrons. The highest BCUT2D eigenvalue weighted by Gasteiger charge is 2.28. The topological polar surface area (TPSA) is 92.3 Å². The van der Waals surface area contributed by atoms with Crippen molar-refractivity contribution in [1.29, 1.82) is 0 Å². The molecule has 0 saturated carbocycles. The van der Waals surface area contributed by atoms with Crippen molar-refractivity contribution in [2.75, 3.05) is 0 Å². The minimum atomic E-state index is -0.422. The third-order valence-electron chi connectivity index (χ3n) is 7.30. The fraction of sp³-hybridized carbons (Fsp3) is 0.111. The minimum absolute atomic E-state index is 0.126. The van der Waals surface area contributed by atoms with E-state index >= 15 is 0 Å². The van der Waals surface area contributed by atoms with Crippen molar-refractivity contribution in [2.45, 2.75) is 25.9 Å². The summed E-state index contributed by atoms with van der Waals surface area (Å²) in [4.78, 5) is 53.5. The normalized spacial score (nSPS) is 14.3. The molecule has 2 amide bonds. The largest absolute Gasteiger partial charge is 0.345 e. The van der Waals surface area contributed by atoms with Crippen LogP contribution in [0.4, 0.5) is 0 Å². The minimum Gasteiger partial charge on any atom is -0.345 e. The van der Waals surface area contributed by atoms with Gasteiger partial charge in [0, 0.05) is 22.3 Å². The Morgan fingerprint density at radius 2 is 0.833 bits per heavy atom. The second-order valence-corrected chi connectivity index (χ2v) is 10.1. The predicted octanol–water partition coefficient (Wildman–Crippen LogP) is 6.29. The number of benzene rings is 4. The quantitative estimate of drug-likeness (QED) is 0.251. The molecular weight excluding hydrogens is 524 g/mol. The maximum absolute atomic E-state index is 13.5. The average Bonchev–Trinajstić information content (AvgIpc) is 3.02. The third-order valence-corrected chi connectivity index (χ3v) is 7.30. The molecule has 4 aromatic rings. The number of carbonyl (C=O) groups excluding carboxylic acids is 4. The Labute approximate surface area is 244 Å². The fourth-order valence-electron chi connectivity index (χ4n) is 5.01. The first-order valence-electron chi connectivity index (χ1n) is 13.8. The van der Waals surface area contributed by atoms with Gasteiger partial charge in [0.15, 0.2) is 11.6 Å². The highest BCUT2D eigenvalue weighted by atomic mass is 16.2. The highest BCUT2D eigenvalue weighted by Crippen LogP contribution is 2.31. The maximum Gasteiger partial charge on any atom is 0.252 e. The average molecular weight is 555 g/mol. The highest BCUT2D eigenvalue weighted by molar-refractivity contribution is 6.44. The lowest BCUT2D eigenvalue weighted by molar-refractivity contribution is -0.112. The van der Waals surface area contributed by atoms with E-state index in [0.717, 1.165) is 11.1 Å². The summed E-state index contributed by atoms with van der Waals surface area (Å²) in [5, 5.41) is 5.96. The van der Waals surface area contributed by atoms with Crippen molar-refractivity contribution in [3.05, 3.63) is 155 Å². The van der Waals surface area contributed by atoms with Gasteiger partial charge in [-0.15, -0.1) is 0 Å². The zero-order valence-corrected chi connectivity index (χ0v) is 23.3. The van der Waals surface area contributed by atoms with Gasteiger partial charge < -0.3 is 10.6 Å². The van der Waals surface area contributed by atoms with Crippen molar-refractivity contribution < 1.29 is 19.2 Å². The second kappa shape index (κ2) is 12.4. The van der Waals surface area contributed by atoms with E-state index in [1.165, 1.54) is 12.2 Å². The van der Waals surface area contributed by atoms with Crippen LogP contribution in [0.25, 0.3) is 11.1 Å². The van der Waals surface area contributed by atoms with Crippen LogP contribution in [0, 0.1) is 0 Å². The van der Waals surface area contributed by atoms with Gasteiger partial charge in [0.05, 0.1) is 12.1 Å². The van der Waals surface area contributed by atoms with Gasteiger partial charge in [0.25, 0.3) is 11.8 Å². The van der Waals surface area contributed by atoms with Crippen LogP contribution >= 0.6 is 0 Å². The Kier molecular flexibility index (Phi) is 8.34. The standard InChI is InChI=1S/C36H30N2O4/c1-23(25-13-5-3-6-14-25)37-35(41)29-19-11-9-17-27(29)31-21-34(40)32(22-33(31)39)28-18-10-12-20-30(28)36(42)38-24(2)26-15-7-4-8-16-26/h3-24H,1-2H3,(H,37,41)(H,38,42)/t23-,24-/m1/s1. The van der Waals surface area contributed by atoms with E-state index < -0.39 is 11.6 Å². The van der Waals surface area contributed by atoms with Crippen LogP contribution in [0.15, 0.2) is 121 Å². The summed E-state index contributed by atoms with van der Waals surface area (Å²) in [5.74, 6) is -1.55. The van der Waals surface area contributed by atoms with E-state index in [9.17, 15) is 19.2 Å². The van der Waals surface area contributed by atoms with Crippen molar-refractivity contribution in [1.82, 2.24) is 10.6 Å². The predicted molar refractivity (Wildman–Crippen MR) is 163 cm³/mol. The van der Waals surface area contributed by atoms with Crippen LogP contribution < -0.4 is 10.6 Å². The lowest BCUT2D eigenvalue weighted by Gasteiger charge is -2.19. The zero-order valence-electron chi connectivity index (χ0n) is 23.3. The Morgan fingerprint density at radius 1 is 0.500 bits per heavy atom. The molecule has 42 heavy (non-hydrogen) atoms. The fourth-order valence-corrected chi connectivity index (χ4v) is 5.01. The SMILES string of the molecule is C[C@@H](NC(=O)c1ccccc1C1=CC(=O)C(c2ccccc2C(=O)N[C@H](C)c2ccccc2)=CC1=O)c1ccccc1. The van der Waals surface area contributed by atoms with E-state index in [4.69, 9.17) is 0 Å². The molecule has 0 aliphatic heterocycles. The molecular formula is C36H30N2O4. The Bertz CT molecular complexity index is 1590. The molecule has 1 aliphatic rings. The van der Waals surface area contributed by atoms with E-state index in [0.29, 0.717) is 22.3 Å². The van der Waals surface area contributed by atoms with Gasteiger partial charge in [-0.3, -0.25) is 19.2 Å². The number of hydrogen-bond acceptors (Lipinski definition) is 4. The van der Waals surface area contributed by atoms with Crippen molar-refractivity contribution in [3.8, 4) is 0 Å². The number of carbonyl (C=O) groups is 4. The van der Waals surface area contributed by atoms with Gasteiger partial charge in [-0.05, 0) is 60.4 Å². The van der Waals surface area contributed by atoms with Crippen LogP contribution in [0.1, 0.15) is 68.9 Å².